The number of anilines is 1. The molecular weight excluding hydrogens is 623 g/mol. The predicted molar refractivity (Wildman–Crippen MR) is 180 cm³/mol. The summed E-state index contributed by atoms with van der Waals surface area (Å²) in [6.45, 7) is 5.63. The van der Waals surface area contributed by atoms with E-state index in [1.54, 1.807) is 65.3 Å². The van der Waals surface area contributed by atoms with Crippen molar-refractivity contribution in [3.63, 3.8) is 0 Å². The van der Waals surface area contributed by atoms with Crippen molar-refractivity contribution in [2.75, 3.05) is 46.6 Å². The number of likely N-dealkylation sites (N-methyl/N-ethyl adjacent to an activating group) is 3. The Kier molecular flexibility index (Phi) is 12.5. The lowest BCUT2D eigenvalue weighted by Gasteiger charge is -2.26. The van der Waals surface area contributed by atoms with Crippen molar-refractivity contribution >= 4 is 40.6 Å². The van der Waals surface area contributed by atoms with Crippen molar-refractivity contribution in [3.05, 3.63) is 76.6 Å². The van der Waals surface area contributed by atoms with Crippen LogP contribution in [0.3, 0.4) is 0 Å². The number of allylic oxidation sites excluding steroid dienone is 1. The maximum absolute atomic E-state index is 13.8. The normalized spacial score (nSPS) is 12.1. The standard InChI is InChI=1S/C34H45FN6O7/c1-34(2,3)48-33(46)39(7)19-18-38(6)32(45)47-28(13-9-10-14-29(42)37(4)5)30(43)36-26-12-11-17-41(31(26)44)22-25-21-23-20-24(35)15-16-27(23)40(25)8/h10-12,14-17,20-21,28H,9,13,18-19,22H2,1-8H3,(H,36,43)/b14-10+. The van der Waals surface area contributed by atoms with Crippen LogP contribution in [0.25, 0.3) is 10.9 Å². The molecule has 1 N–H and O–H groups in total. The van der Waals surface area contributed by atoms with Crippen LogP contribution in [0.4, 0.5) is 19.7 Å². The molecule has 0 saturated carbocycles. The smallest absolute Gasteiger partial charge is 0.410 e. The third-order valence-electron chi connectivity index (χ3n) is 7.33. The van der Waals surface area contributed by atoms with Gasteiger partial charge in [-0.2, -0.15) is 0 Å². The van der Waals surface area contributed by atoms with Crippen LogP contribution >= 0.6 is 0 Å². The van der Waals surface area contributed by atoms with Crippen LogP contribution in [0.1, 0.15) is 39.3 Å². The molecule has 14 heteroatoms. The number of nitrogens with zero attached hydrogens (tertiary/aromatic N) is 5. The Morgan fingerprint density at radius 2 is 1.67 bits per heavy atom. The van der Waals surface area contributed by atoms with Crippen LogP contribution in [-0.4, -0.2) is 101 Å². The highest BCUT2D eigenvalue weighted by atomic mass is 19.1. The number of carbonyl (C=O) groups excluding carboxylic acids is 4. The lowest BCUT2D eigenvalue weighted by molar-refractivity contribution is -0.125. The average Bonchev–Trinajstić information content (AvgIpc) is 3.31. The summed E-state index contributed by atoms with van der Waals surface area (Å²) in [5.41, 5.74) is 0.343. The number of halogens is 1. The van der Waals surface area contributed by atoms with Crippen LogP contribution in [0.5, 0.6) is 0 Å². The van der Waals surface area contributed by atoms with Crippen molar-refractivity contribution < 1.29 is 33.0 Å². The molecule has 1 unspecified atom stereocenters. The molecule has 48 heavy (non-hydrogen) atoms. The Morgan fingerprint density at radius 1 is 1.00 bits per heavy atom. The maximum Gasteiger partial charge on any atom is 0.410 e. The molecule has 0 radical (unpaired) electrons. The van der Waals surface area contributed by atoms with E-state index in [1.165, 1.54) is 57.6 Å². The molecule has 13 nitrogen and oxygen atoms in total. The van der Waals surface area contributed by atoms with Crippen LogP contribution in [0.2, 0.25) is 0 Å². The molecular formula is C34H45FN6O7. The van der Waals surface area contributed by atoms with Gasteiger partial charge in [-0.3, -0.25) is 14.4 Å². The Balaban J connectivity index is 1.74. The Morgan fingerprint density at radius 3 is 2.31 bits per heavy atom. The molecule has 3 aromatic rings. The van der Waals surface area contributed by atoms with Crippen LogP contribution in [-0.2, 0) is 32.7 Å². The number of aromatic nitrogens is 2. The first-order valence-electron chi connectivity index (χ1n) is 15.4. The van der Waals surface area contributed by atoms with Crippen molar-refractivity contribution in [2.45, 2.75) is 51.9 Å². The minimum absolute atomic E-state index is 0.0218. The second kappa shape index (κ2) is 16.1. The molecule has 0 aliphatic heterocycles. The van der Waals surface area contributed by atoms with Gasteiger partial charge in [0, 0.05) is 71.1 Å². The third kappa shape index (κ3) is 10.4. The molecule has 0 aliphatic rings. The highest BCUT2D eigenvalue weighted by molar-refractivity contribution is 5.95. The van der Waals surface area contributed by atoms with Gasteiger partial charge in [0.15, 0.2) is 6.10 Å². The van der Waals surface area contributed by atoms with E-state index in [4.69, 9.17) is 9.47 Å². The molecule has 0 bridgehead atoms. The first-order chi connectivity index (χ1) is 22.5. The predicted octanol–water partition coefficient (Wildman–Crippen LogP) is 4.19. The van der Waals surface area contributed by atoms with Gasteiger partial charge < -0.3 is 38.6 Å². The van der Waals surface area contributed by atoms with Crippen LogP contribution in [0, 0.1) is 5.82 Å². The molecule has 3 rings (SSSR count). The van der Waals surface area contributed by atoms with Gasteiger partial charge in [0.2, 0.25) is 5.91 Å². The fourth-order valence-electron chi connectivity index (χ4n) is 4.53. The Labute approximate surface area is 279 Å². The molecule has 4 amide bonds. The summed E-state index contributed by atoms with van der Waals surface area (Å²) >= 11 is 0. The summed E-state index contributed by atoms with van der Waals surface area (Å²) in [5.74, 6) is -1.34. The van der Waals surface area contributed by atoms with Gasteiger partial charge in [-0.15, -0.1) is 0 Å². The summed E-state index contributed by atoms with van der Waals surface area (Å²) < 4.78 is 27.9. The van der Waals surface area contributed by atoms with Gasteiger partial charge in [-0.05, 0) is 76.1 Å². The molecule has 0 saturated heterocycles. The van der Waals surface area contributed by atoms with E-state index < -0.39 is 35.4 Å². The largest absolute Gasteiger partial charge is 0.444 e. The summed E-state index contributed by atoms with van der Waals surface area (Å²) in [7, 11) is 8.03. The number of aryl methyl sites for hydroxylation is 1. The SMILES string of the molecule is CN(C)C(=O)/C=C/CCC(OC(=O)N(C)CCN(C)C(=O)OC(C)(C)C)C(=O)Nc1cccn(Cc2cc3cc(F)ccc3n2C)c1=O. The molecule has 0 spiro atoms. The number of benzene rings is 1. The molecule has 2 heterocycles. The highest BCUT2D eigenvalue weighted by Crippen LogP contribution is 2.20. The molecule has 1 aromatic carbocycles. The van der Waals surface area contributed by atoms with Crippen molar-refractivity contribution in [3.8, 4) is 0 Å². The monoisotopic (exact) mass is 668 g/mol. The number of hydrogen-bond donors (Lipinski definition) is 1. The summed E-state index contributed by atoms with van der Waals surface area (Å²) in [5, 5.41) is 3.28. The van der Waals surface area contributed by atoms with E-state index in [2.05, 4.69) is 5.32 Å². The van der Waals surface area contributed by atoms with E-state index in [9.17, 15) is 28.4 Å². The van der Waals surface area contributed by atoms with E-state index >= 15 is 0 Å². The molecule has 1 atom stereocenters. The summed E-state index contributed by atoms with van der Waals surface area (Å²) in [6.07, 6.45) is 2.05. The third-order valence-corrected chi connectivity index (χ3v) is 7.33. The van der Waals surface area contributed by atoms with E-state index in [0.29, 0.717) is 5.39 Å². The van der Waals surface area contributed by atoms with Crippen LogP contribution < -0.4 is 10.9 Å². The van der Waals surface area contributed by atoms with E-state index in [1.807, 2.05) is 11.6 Å². The zero-order valence-corrected chi connectivity index (χ0v) is 28.8. The second-order valence-corrected chi connectivity index (χ2v) is 12.7. The first-order valence-corrected chi connectivity index (χ1v) is 15.4. The molecule has 0 fully saturated rings. The van der Waals surface area contributed by atoms with Crippen molar-refractivity contribution in [2.24, 2.45) is 7.05 Å². The van der Waals surface area contributed by atoms with Crippen LogP contribution in [0.15, 0.2) is 59.5 Å². The molecule has 2 aromatic heterocycles. The Hall–Kier alpha value is -5.14. The summed E-state index contributed by atoms with van der Waals surface area (Å²) in [4.78, 5) is 68.0. The van der Waals surface area contributed by atoms with E-state index in [0.717, 1.165) is 11.2 Å². The highest BCUT2D eigenvalue weighted by Gasteiger charge is 2.26. The lowest BCUT2D eigenvalue weighted by Crippen LogP contribution is -2.42. The number of pyridine rings is 1. The van der Waals surface area contributed by atoms with Gasteiger partial charge >= 0.3 is 12.2 Å². The number of nitrogens with one attached hydrogen (secondary N) is 1. The zero-order valence-electron chi connectivity index (χ0n) is 28.8. The maximum atomic E-state index is 13.8. The Bertz CT molecular complexity index is 1720. The van der Waals surface area contributed by atoms with Gasteiger partial charge in [0.05, 0.1) is 6.54 Å². The quantitative estimate of drug-likeness (QED) is 0.286. The number of ether oxygens (including phenoxy) is 2. The minimum atomic E-state index is -1.32. The number of hydrogen-bond acceptors (Lipinski definition) is 7. The van der Waals surface area contributed by atoms with Gasteiger partial charge in [0.25, 0.3) is 11.5 Å². The number of amides is 4. The van der Waals surface area contributed by atoms with Gasteiger partial charge in [-0.1, -0.05) is 6.08 Å². The summed E-state index contributed by atoms with van der Waals surface area (Å²) in [6, 6.07) is 9.29. The minimum Gasteiger partial charge on any atom is -0.444 e. The molecule has 260 valence electrons. The second-order valence-electron chi connectivity index (χ2n) is 12.7. The van der Waals surface area contributed by atoms with Gasteiger partial charge in [0.1, 0.15) is 17.1 Å². The number of fused-ring (bicyclic) bond motifs is 1. The lowest BCUT2D eigenvalue weighted by atomic mass is 10.1. The number of carbonyl (C=O) groups is 4. The molecule has 0 aliphatic carbocycles. The van der Waals surface area contributed by atoms with E-state index in [-0.39, 0.29) is 49.9 Å². The number of rotatable bonds is 12. The average molecular weight is 669 g/mol. The van der Waals surface area contributed by atoms with Gasteiger partial charge in [-0.25, -0.2) is 14.0 Å². The van der Waals surface area contributed by atoms with Crippen molar-refractivity contribution in [1.29, 1.82) is 0 Å². The zero-order chi connectivity index (χ0) is 35.8. The topological polar surface area (TPSA) is 135 Å². The first kappa shape index (κ1) is 37.3. The fraction of sp³-hybridized carbons (Fsp3) is 0.441. The van der Waals surface area contributed by atoms with Crippen molar-refractivity contribution in [1.82, 2.24) is 23.8 Å². The fourth-order valence-corrected chi connectivity index (χ4v) is 4.53.